The summed E-state index contributed by atoms with van der Waals surface area (Å²) in [7, 11) is 0. The van der Waals surface area contributed by atoms with Gasteiger partial charge in [0.25, 0.3) is 0 Å². The summed E-state index contributed by atoms with van der Waals surface area (Å²) in [5, 5.41) is 1.08. The normalized spacial score (nSPS) is 16.2. The first-order valence-corrected chi connectivity index (χ1v) is 6.96. The van der Waals surface area contributed by atoms with E-state index >= 15 is 0 Å². The molecule has 1 aromatic carbocycles. The molecule has 0 N–H and O–H groups in total. The van der Waals surface area contributed by atoms with Crippen LogP contribution in [0.4, 0.5) is 4.39 Å². The van der Waals surface area contributed by atoms with Gasteiger partial charge in [-0.3, -0.25) is 0 Å². The second-order valence-corrected chi connectivity index (χ2v) is 4.83. The van der Waals surface area contributed by atoms with E-state index in [0.717, 1.165) is 23.7 Å². The maximum atomic E-state index is 13.7. The van der Waals surface area contributed by atoms with E-state index in [-0.39, 0.29) is 5.82 Å². The van der Waals surface area contributed by atoms with Crippen LogP contribution in [0.15, 0.2) is 24.3 Å². The topological polar surface area (TPSA) is 3.01 Å². The van der Waals surface area contributed by atoms with Gasteiger partial charge >= 0.3 is 0 Å². The van der Waals surface area contributed by atoms with Crippen LogP contribution in [0.1, 0.15) is 24.8 Å². The molecule has 0 unspecified atom stereocenters. The minimum Gasteiger partial charge on any atom is -0.224 e. The fraction of sp³-hybridized carbons (Fsp3) is 0.462. The molecule has 86 valence electrons. The van der Waals surface area contributed by atoms with Crippen molar-refractivity contribution in [2.45, 2.75) is 19.3 Å². The van der Waals surface area contributed by atoms with Gasteiger partial charge < -0.3 is 0 Å². The summed E-state index contributed by atoms with van der Waals surface area (Å²) in [6.07, 6.45) is 5.77. The Morgan fingerprint density at radius 1 is 1.19 bits per heavy atom. The molecule has 3 heteroatoms. The van der Waals surface area contributed by atoms with Crippen LogP contribution in [-0.4, -0.2) is 29.0 Å². The molecule has 1 nitrogen and oxygen atoms in total. The predicted octanol–water partition coefficient (Wildman–Crippen LogP) is 3.13. The molecule has 1 aliphatic rings. The van der Waals surface area contributed by atoms with Crippen LogP contribution >= 0.6 is 11.8 Å². The van der Waals surface area contributed by atoms with E-state index in [1.54, 1.807) is 17.8 Å². The first kappa shape index (κ1) is 11.6. The van der Waals surface area contributed by atoms with Crippen molar-refractivity contribution in [1.29, 1.82) is 0 Å². The summed E-state index contributed by atoms with van der Waals surface area (Å²) in [6.45, 7) is 2.12. The minimum absolute atomic E-state index is 0.113. The second kappa shape index (κ2) is 5.48. The maximum Gasteiger partial charge on any atom is 0.244 e. The third kappa shape index (κ3) is 2.46. The van der Waals surface area contributed by atoms with Gasteiger partial charge in [0.15, 0.2) is 0 Å². The largest absolute Gasteiger partial charge is 0.244 e. The zero-order chi connectivity index (χ0) is 11.4. The van der Waals surface area contributed by atoms with Crippen LogP contribution in [0.2, 0.25) is 0 Å². The van der Waals surface area contributed by atoms with E-state index in [0.29, 0.717) is 0 Å². The number of nitrogens with zero attached hydrogens (tertiary/aromatic N) is 1. The monoisotopic (exact) mass is 238 g/mol. The lowest BCUT2D eigenvalue weighted by Gasteiger charge is -2.13. The van der Waals surface area contributed by atoms with Crippen LogP contribution in [0, 0.1) is 5.82 Å². The molecule has 0 aromatic heterocycles. The van der Waals surface area contributed by atoms with Crippen molar-refractivity contribution >= 4 is 16.8 Å². The van der Waals surface area contributed by atoms with Gasteiger partial charge in [-0.05, 0) is 24.8 Å². The van der Waals surface area contributed by atoms with Gasteiger partial charge in [0.1, 0.15) is 18.9 Å². The van der Waals surface area contributed by atoms with E-state index in [2.05, 4.69) is 4.58 Å². The molecule has 1 fully saturated rings. The number of benzene rings is 1. The van der Waals surface area contributed by atoms with Crippen LogP contribution in [0.25, 0.3) is 0 Å². The molecule has 0 radical (unpaired) electrons. The highest BCUT2D eigenvalue weighted by molar-refractivity contribution is 8.13. The summed E-state index contributed by atoms with van der Waals surface area (Å²) < 4.78 is 16.0. The number of piperidine rings is 1. The number of hydrogen-bond acceptors (Lipinski definition) is 1. The molecule has 16 heavy (non-hydrogen) atoms. The summed E-state index contributed by atoms with van der Waals surface area (Å²) in [5.74, 6) is -0.113. The molecule has 0 aliphatic carbocycles. The first-order chi connectivity index (χ1) is 7.83. The number of rotatable bonds is 1. The van der Waals surface area contributed by atoms with Gasteiger partial charge in [-0.15, -0.1) is 0 Å². The van der Waals surface area contributed by atoms with Crippen molar-refractivity contribution in [3.8, 4) is 0 Å². The van der Waals surface area contributed by atoms with Crippen LogP contribution < -0.4 is 0 Å². The smallest absolute Gasteiger partial charge is 0.224 e. The van der Waals surface area contributed by atoms with E-state index < -0.39 is 0 Å². The average Bonchev–Trinajstić information content (AvgIpc) is 2.34. The third-order valence-corrected chi connectivity index (χ3v) is 3.81. The van der Waals surface area contributed by atoms with Crippen LogP contribution in [0.3, 0.4) is 0 Å². The van der Waals surface area contributed by atoms with Gasteiger partial charge in [-0.1, -0.05) is 23.9 Å². The fourth-order valence-electron chi connectivity index (χ4n) is 2.14. The molecular weight excluding hydrogens is 221 g/mol. The van der Waals surface area contributed by atoms with Crippen LogP contribution in [-0.2, 0) is 0 Å². The zero-order valence-corrected chi connectivity index (χ0v) is 10.4. The van der Waals surface area contributed by atoms with E-state index in [1.807, 2.05) is 18.4 Å². The van der Waals surface area contributed by atoms with E-state index in [1.165, 1.54) is 25.3 Å². The number of halogens is 1. The van der Waals surface area contributed by atoms with Gasteiger partial charge in [0.2, 0.25) is 5.04 Å². The number of hydrogen-bond donors (Lipinski definition) is 0. The van der Waals surface area contributed by atoms with E-state index in [4.69, 9.17) is 0 Å². The highest BCUT2D eigenvalue weighted by Crippen LogP contribution is 2.17. The van der Waals surface area contributed by atoms with Crippen molar-refractivity contribution in [3.05, 3.63) is 35.6 Å². The summed E-state index contributed by atoms with van der Waals surface area (Å²) >= 11 is 1.65. The van der Waals surface area contributed by atoms with E-state index in [9.17, 15) is 4.39 Å². The Morgan fingerprint density at radius 3 is 2.50 bits per heavy atom. The Morgan fingerprint density at radius 2 is 1.88 bits per heavy atom. The van der Waals surface area contributed by atoms with Crippen molar-refractivity contribution in [1.82, 2.24) is 0 Å². The Labute approximate surface area is 100 Å². The molecule has 1 saturated heterocycles. The first-order valence-electron chi connectivity index (χ1n) is 5.73. The van der Waals surface area contributed by atoms with Crippen molar-refractivity contribution in [2.24, 2.45) is 0 Å². The highest BCUT2D eigenvalue weighted by atomic mass is 32.2. The fourth-order valence-corrected chi connectivity index (χ4v) is 2.97. The number of thioether (sulfide) groups is 1. The quantitative estimate of drug-likeness (QED) is 0.536. The lowest BCUT2D eigenvalue weighted by Crippen LogP contribution is -2.26. The van der Waals surface area contributed by atoms with Gasteiger partial charge in [0.05, 0.1) is 5.56 Å². The molecule has 0 amide bonds. The Balaban J connectivity index is 2.38. The van der Waals surface area contributed by atoms with Gasteiger partial charge in [-0.25, -0.2) is 8.97 Å². The molecule has 1 aliphatic heterocycles. The second-order valence-electron chi connectivity index (χ2n) is 4.04. The summed E-state index contributed by atoms with van der Waals surface area (Å²) in [6, 6.07) is 7.05. The summed E-state index contributed by atoms with van der Waals surface area (Å²) in [5.41, 5.74) is 0.747. The van der Waals surface area contributed by atoms with Gasteiger partial charge in [-0.2, -0.15) is 0 Å². The molecule has 2 rings (SSSR count). The molecule has 1 heterocycles. The predicted molar refractivity (Wildman–Crippen MR) is 67.9 cm³/mol. The lowest BCUT2D eigenvalue weighted by molar-refractivity contribution is -0.534. The zero-order valence-electron chi connectivity index (χ0n) is 9.58. The molecule has 1 aromatic rings. The standard InChI is InChI=1S/C13H17FNS/c1-16-13(15-9-5-2-6-10-15)11-7-3-4-8-12(11)14/h3-4,7-8H,2,5-6,9-10H2,1H3/q+1. The van der Waals surface area contributed by atoms with Crippen molar-refractivity contribution in [3.63, 3.8) is 0 Å². The molecule has 0 atom stereocenters. The molecular formula is C13H17FNS+. The minimum atomic E-state index is -0.113. The van der Waals surface area contributed by atoms with Crippen molar-refractivity contribution < 1.29 is 8.97 Å². The van der Waals surface area contributed by atoms with Gasteiger partial charge in [0, 0.05) is 12.8 Å². The Hall–Kier alpha value is -0.830. The highest BCUT2D eigenvalue weighted by Gasteiger charge is 2.21. The SMILES string of the molecule is CSC(c1ccccc1F)=[N+]1CCCCC1. The Bertz CT molecular complexity index is 393. The molecule has 0 saturated carbocycles. The van der Waals surface area contributed by atoms with Crippen molar-refractivity contribution in [2.75, 3.05) is 19.3 Å². The third-order valence-electron chi connectivity index (χ3n) is 2.94. The lowest BCUT2D eigenvalue weighted by atomic mass is 10.1. The average molecular weight is 238 g/mol. The summed E-state index contributed by atoms with van der Waals surface area (Å²) in [4.78, 5) is 0. The van der Waals surface area contributed by atoms with Crippen LogP contribution in [0.5, 0.6) is 0 Å². The Kier molecular flexibility index (Phi) is 3.99. The maximum absolute atomic E-state index is 13.7. The molecule has 0 spiro atoms. The molecule has 0 bridgehead atoms.